The summed E-state index contributed by atoms with van der Waals surface area (Å²) in [7, 11) is 3.22. The van der Waals surface area contributed by atoms with Crippen LogP contribution in [0.4, 0.5) is 0 Å². The molecule has 0 saturated carbocycles. The Bertz CT molecular complexity index is 1830. The van der Waals surface area contributed by atoms with Crippen LogP contribution in [0.25, 0.3) is 44.5 Å². The van der Waals surface area contributed by atoms with Crippen LogP contribution in [0, 0.1) is 0 Å². The normalized spacial score (nSPS) is 10.9. The number of nitrogens with zero attached hydrogens (tertiary/aromatic N) is 2. The number of ketones is 1. The smallest absolute Gasteiger partial charge is 0.221 e. The second-order valence-corrected chi connectivity index (χ2v) is 11.7. The molecule has 46 heavy (non-hydrogen) atoms. The molecule has 6 aromatic rings. The Morgan fingerprint density at radius 3 is 1.22 bits per heavy atom. The molecule has 7 heteroatoms. The quantitative estimate of drug-likeness (QED) is 0.148. The van der Waals surface area contributed by atoms with Crippen molar-refractivity contribution >= 4 is 29.0 Å². The maximum Gasteiger partial charge on any atom is 0.221 e. The van der Waals surface area contributed by atoms with Gasteiger partial charge < -0.3 is 9.47 Å². The summed E-state index contributed by atoms with van der Waals surface area (Å²) in [5, 5.41) is 1.37. The molecule has 2 heterocycles. The van der Waals surface area contributed by atoms with E-state index in [0.717, 1.165) is 55.6 Å². The van der Waals surface area contributed by atoms with Crippen LogP contribution in [-0.4, -0.2) is 30.0 Å². The Morgan fingerprint density at radius 1 is 0.522 bits per heavy atom. The van der Waals surface area contributed by atoms with Gasteiger partial charge in [-0.05, 0) is 69.8 Å². The van der Waals surface area contributed by atoms with Gasteiger partial charge in [0.2, 0.25) is 11.8 Å². The fourth-order valence-corrected chi connectivity index (χ4v) is 5.62. The van der Waals surface area contributed by atoms with E-state index in [-0.39, 0.29) is 5.78 Å². The SMILES string of the molecule is COc1ncc(-c2ccc(Cl)cc2)cc1-c1ccc(CC(=O)Cc2ccc(-c3cc(-c4ccc(Cl)cc4)cnc3OC)cc2)cc1. The Labute approximate surface area is 278 Å². The molecule has 0 fully saturated rings. The van der Waals surface area contributed by atoms with E-state index in [1.54, 1.807) is 26.6 Å². The van der Waals surface area contributed by atoms with E-state index in [1.165, 1.54) is 0 Å². The highest BCUT2D eigenvalue weighted by atomic mass is 35.5. The molecule has 0 N–H and O–H groups in total. The highest BCUT2D eigenvalue weighted by molar-refractivity contribution is 6.30. The number of carbonyl (C=O) groups is 1. The monoisotopic (exact) mass is 644 g/mol. The molecule has 4 aromatic carbocycles. The van der Waals surface area contributed by atoms with Crippen molar-refractivity contribution < 1.29 is 14.3 Å². The van der Waals surface area contributed by atoms with E-state index in [9.17, 15) is 4.79 Å². The Morgan fingerprint density at radius 2 is 0.870 bits per heavy atom. The number of halogens is 2. The van der Waals surface area contributed by atoms with Crippen LogP contribution in [0.5, 0.6) is 11.8 Å². The van der Waals surface area contributed by atoms with Crippen molar-refractivity contribution in [2.24, 2.45) is 0 Å². The van der Waals surface area contributed by atoms with Crippen molar-refractivity contribution in [3.63, 3.8) is 0 Å². The van der Waals surface area contributed by atoms with Crippen molar-refractivity contribution in [3.05, 3.63) is 143 Å². The summed E-state index contributed by atoms with van der Waals surface area (Å²) in [5.41, 5.74) is 9.49. The van der Waals surface area contributed by atoms with Crippen molar-refractivity contribution in [1.82, 2.24) is 9.97 Å². The minimum Gasteiger partial charge on any atom is -0.481 e. The van der Waals surface area contributed by atoms with Gasteiger partial charge in [0, 0.05) is 57.5 Å². The minimum atomic E-state index is 0.133. The molecule has 0 bridgehead atoms. The molecule has 0 aliphatic carbocycles. The van der Waals surface area contributed by atoms with Gasteiger partial charge in [0.25, 0.3) is 0 Å². The predicted octanol–water partition coefficient (Wildman–Crippen LogP) is 9.82. The summed E-state index contributed by atoms with van der Waals surface area (Å²) >= 11 is 12.1. The van der Waals surface area contributed by atoms with Gasteiger partial charge in [0.1, 0.15) is 5.78 Å². The maximum absolute atomic E-state index is 13.1. The molecule has 0 unspecified atom stereocenters. The molecule has 228 valence electrons. The van der Waals surface area contributed by atoms with Crippen molar-refractivity contribution in [1.29, 1.82) is 0 Å². The summed E-state index contributed by atoms with van der Waals surface area (Å²) in [6.07, 6.45) is 4.25. The molecule has 0 aliphatic rings. The Kier molecular flexibility index (Phi) is 9.43. The fraction of sp³-hybridized carbons (Fsp3) is 0.103. The topological polar surface area (TPSA) is 61.3 Å². The third-order valence-electron chi connectivity index (χ3n) is 7.78. The lowest BCUT2D eigenvalue weighted by atomic mass is 9.97. The van der Waals surface area contributed by atoms with Crippen LogP contribution < -0.4 is 9.47 Å². The van der Waals surface area contributed by atoms with Gasteiger partial charge in [-0.3, -0.25) is 4.79 Å². The van der Waals surface area contributed by atoms with Crippen LogP contribution in [0.1, 0.15) is 11.1 Å². The number of methoxy groups -OCH3 is 2. The molecule has 5 nitrogen and oxygen atoms in total. The molecule has 0 saturated heterocycles. The molecule has 0 spiro atoms. The van der Waals surface area contributed by atoms with Crippen LogP contribution in [0.15, 0.2) is 122 Å². The number of Topliss-reactive ketones (excluding diaryl/α,β-unsaturated/α-hetero) is 1. The standard InChI is InChI=1S/C39H30Cl2N2O3/c1-45-38-36(21-31(23-42-38)27-11-15-33(40)16-12-27)29-7-3-25(4-8-29)19-35(44)20-26-5-9-30(10-6-26)37-22-32(24-43-39(37)46-2)28-13-17-34(41)18-14-28/h3-18,21-24H,19-20H2,1-2H3. The van der Waals surface area contributed by atoms with E-state index >= 15 is 0 Å². The van der Waals surface area contributed by atoms with E-state index in [1.807, 2.05) is 97.1 Å². The Balaban J connectivity index is 1.14. The van der Waals surface area contributed by atoms with E-state index < -0.39 is 0 Å². The largest absolute Gasteiger partial charge is 0.481 e. The Hall–Kier alpha value is -4.97. The molecule has 0 atom stereocenters. The number of rotatable bonds is 10. The molecular weight excluding hydrogens is 615 g/mol. The number of hydrogen-bond donors (Lipinski definition) is 0. The van der Waals surface area contributed by atoms with Gasteiger partial charge in [-0.15, -0.1) is 0 Å². The molecule has 2 aromatic heterocycles. The van der Waals surface area contributed by atoms with Crippen molar-refractivity contribution in [3.8, 4) is 56.3 Å². The summed E-state index contributed by atoms with van der Waals surface area (Å²) in [6.45, 7) is 0. The third-order valence-corrected chi connectivity index (χ3v) is 8.28. The molecule has 0 amide bonds. The van der Waals surface area contributed by atoms with Crippen molar-refractivity contribution in [2.75, 3.05) is 14.2 Å². The number of ether oxygens (including phenoxy) is 2. The molecule has 0 aliphatic heterocycles. The highest BCUT2D eigenvalue weighted by Crippen LogP contribution is 2.34. The summed E-state index contributed by atoms with van der Waals surface area (Å²) in [4.78, 5) is 22.1. The summed E-state index contributed by atoms with van der Waals surface area (Å²) in [5.74, 6) is 1.21. The highest BCUT2D eigenvalue weighted by Gasteiger charge is 2.13. The number of carbonyl (C=O) groups excluding carboxylic acids is 1. The summed E-state index contributed by atoms with van der Waals surface area (Å²) < 4.78 is 11.1. The lowest BCUT2D eigenvalue weighted by Gasteiger charge is -2.12. The van der Waals surface area contributed by atoms with Gasteiger partial charge in [-0.1, -0.05) is 96.0 Å². The number of aromatic nitrogens is 2. The molecular formula is C39H30Cl2N2O3. The van der Waals surface area contributed by atoms with E-state index in [4.69, 9.17) is 32.7 Å². The van der Waals surface area contributed by atoms with Gasteiger partial charge >= 0.3 is 0 Å². The van der Waals surface area contributed by atoms with Crippen LogP contribution >= 0.6 is 23.2 Å². The number of hydrogen-bond acceptors (Lipinski definition) is 5. The maximum atomic E-state index is 13.1. The lowest BCUT2D eigenvalue weighted by molar-refractivity contribution is -0.117. The first-order valence-corrected chi connectivity index (χ1v) is 15.5. The number of benzene rings is 4. The summed E-state index contributed by atoms with van der Waals surface area (Å²) in [6, 6.07) is 35.3. The number of pyridine rings is 2. The zero-order valence-electron chi connectivity index (χ0n) is 25.3. The van der Waals surface area contributed by atoms with Crippen LogP contribution in [0.2, 0.25) is 10.0 Å². The van der Waals surface area contributed by atoms with Gasteiger partial charge in [0.05, 0.1) is 14.2 Å². The average molecular weight is 646 g/mol. The first-order chi connectivity index (χ1) is 22.4. The second-order valence-electron chi connectivity index (χ2n) is 10.9. The fourth-order valence-electron chi connectivity index (χ4n) is 5.37. The minimum absolute atomic E-state index is 0.133. The van der Waals surface area contributed by atoms with Crippen LogP contribution in [-0.2, 0) is 17.6 Å². The zero-order valence-corrected chi connectivity index (χ0v) is 26.8. The lowest BCUT2D eigenvalue weighted by Crippen LogP contribution is -2.06. The molecule has 0 radical (unpaired) electrons. The zero-order chi connectivity index (χ0) is 32.0. The third kappa shape index (κ3) is 7.12. The first kappa shape index (κ1) is 31.0. The van der Waals surface area contributed by atoms with Gasteiger partial charge in [-0.2, -0.15) is 0 Å². The van der Waals surface area contributed by atoms with Crippen LogP contribution in [0.3, 0.4) is 0 Å². The van der Waals surface area contributed by atoms with Crippen molar-refractivity contribution in [2.45, 2.75) is 12.8 Å². The van der Waals surface area contributed by atoms with Gasteiger partial charge in [-0.25, -0.2) is 9.97 Å². The van der Waals surface area contributed by atoms with Gasteiger partial charge in [0.15, 0.2) is 0 Å². The van der Waals surface area contributed by atoms with E-state index in [2.05, 4.69) is 22.1 Å². The second kappa shape index (κ2) is 14.0. The predicted molar refractivity (Wildman–Crippen MR) is 186 cm³/mol. The van der Waals surface area contributed by atoms with E-state index in [0.29, 0.717) is 34.6 Å². The first-order valence-electron chi connectivity index (χ1n) is 14.7. The average Bonchev–Trinajstić information content (AvgIpc) is 3.09. The molecule has 6 rings (SSSR count).